The Hall–Kier alpha value is -0.290. The molecular weight excluding hydrogens is 301 g/mol. The van der Waals surface area contributed by atoms with Crippen LogP contribution < -0.4 is 5.32 Å². The van der Waals surface area contributed by atoms with Crippen LogP contribution in [0.5, 0.6) is 0 Å². The monoisotopic (exact) mass is 319 g/mol. The fraction of sp³-hybridized carbons (Fsp3) is 0.500. The van der Waals surface area contributed by atoms with Crippen molar-refractivity contribution in [2.75, 3.05) is 19.0 Å². The number of hydrogen-bond donors (Lipinski definition) is 1. The van der Waals surface area contributed by atoms with Crippen molar-refractivity contribution in [2.45, 2.75) is 19.9 Å². The van der Waals surface area contributed by atoms with E-state index in [0.29, 0.717) is 12.0 Å². The smallest absolute Gasteiger partial charge is 0.0666 e. The van der Waals surface area contributed by atoms with Gasteiger partial charge >= 0.3 is 0 Å². The van der Waals surface area contributed by atoms with E-state index in [9.17, 15) is 0 Å². The van der Waals surface area contributed by atoms with Gasteiger partial charge in [-0.1, -0.05) is 13.8 Å². The molecule has 0 fully saturated rings. The molecule has 0 aliphatic rings. The number of rotatable bonds is 5. The van der Waals surface area contributed by atoms with Crippen LogP contribution in [0.25, 0.3) is 0 Å². The summed E-state index contributed by atoms with van der Waals surface area (Å²) in [5.41, 5.74) is 1.16. The second-order valence-corrected chi connectivity index (χ2v) is 5.20. The highest BCUT2D eigenvalue weighted by atomic mass is 127. The van der Waals surface area contributed by atoms with E-state index in [2.05, 4.69) is 66.0 Å². The van der Waals surface area contributed by atoms with Crippen LogP contribution >= 0.6 is 22.6 Å². The lowest BCUT2D eigenvalue weighted by molar-refractivity contribution is 0.171. The van der Waals surface area contributed by atoms with E-state index in [1.165, 1.54) is 3.57 Å². The van der Waals surface area contributed by atoms with Crippen molar-refractivity contribution in [3.63, 3.8) is 0 Å². The fourth-order valence-electron chi connectivity index (χ4n) is 1.34. The lowest BCUT2D eigenvalue weighted by atomic mass is 10.1. The molecule has 84 valence electrons. The van der Waals surface area contributed by atoms with Gasteiger partial charge in [-0.05, 0) is 52.8 Å². The van der Waals surface area contributed by atoms with Gasteiger partial charge in [0.1, 0.15) is 0 Å². The molecule has 0 spiro atoms. The van der Waals surface area contributed by atoms with E-state index in [1.807, 2.05) is 0 Å². The second kappa shape index (κ2) is 6.33. The van der Waals surface area contributed by atoms with E-state index < -0.39 is 0 Å². The van der Waals surface area contributed by atoms with Gasteiger partial charge in [0.05, 0.1) is 12.6 Å². The largest absolute Gasteiger partial charge is 0.383 e. The number of hydrogen-bond acceptors (Lipinski definition) is 2. The highest BCUT2D eigenvalue weighted by Gasteiger charge is 2.12. The first-order valence-corrected chi connectivity index (χ1v) is 6.22. The Morgan fingerprint density at radius 3 is 2.33 bits per heavy atom. The third-order valence-corrected chi connectivity index (χ3v) is 3.07. The maximum absolute atomic E-state index is 5.20. The molecule has 0 aromatic heterocycles. The normalized spacial score (nSPS) is 12.9. The van der Waals surface area contributed by atoms with Gasteiger partial charge in [-0.3, -0.25) is 0 Å². The summed E-state index contributed by atoms with van der Waals surface area (Å²) >= 11 is 2.31. The van der Waals surface area contributed by atoms with Gasteiger partial charge in [0.2, 0.25) is 0 Å². The molecule has 1 atom stereocenters. The lowest BCUT2D eigenvalue weighted by Gasteiger charge is -2.22. The predicted octanol–water partition coefficient (Wildman–Crippen LogP) is 3.37. The van der Waals surface area contributed by atoms with Crippen molar-refractivity contribution in [1.82, 2.24) is 0 Å². The van der Waals surface area contributed by atoms with Crippen molar-refractivity contribution in [3.05, 3.63) is 27.8 Å². The average molecular weight is 319 g/mol. The van der Waals surface area contributed by atoms with Crippen LogP contribution in [0.2, 0.25) is 0 Å². The molecule has 0 heterocycles. The van der Waals surface area contributed by atoms with Crippen molar-refractivity contribution in [3.8, 4) is 0 Å². The zero-order valence-electron chi connectivity index (χ0n) is 9.46. The Bertz CT molecular complexity index is 284. The van der Waals surface area contributed by atoms with Crippen molar-refractivity contribution in [1.29, 1.82) is 0 Å². The number of methoxy groups -OCH3 is 1. The van der Waals surface area contributed by atoms with Crippen molar-refractivity contribution < 1.29 is 4.74 Å². The van der Waals surface area contributed by atoms with Gasteiger partial charge in [-0.15, -0.1) is 0 Å². The molecule has 1 N–H and O–H groups in total. The maximum atomic E-state index is 5.20. The third kappa shape index (κ3) is 4.38. The van der Waals surface area contributed by atoms with Crippen LogP contribution in [0, 0.1) is 9.49 Å². The van der Waals surface area contributed by atoms with Gasteiger partial charge in [0.25, 0.3) is 0 Å². The standard InChI is InChI=1S/C12H18INO/c1-9(2)12(8-15-3)14-11-6-4-10(13)5-7-11/h4-7,9,12,14H,8H2,1-3H3. The minimum Gasteiger partial charge on any atom is -0.383 e. The van der Waals surface area contributed by atoms with Gasteiger partial charge in [-0.2, -0.15) is 0 Å². The molecule has 15 heavy (non-hydrogen) atoms. The minimum atomic E-state index is 0.370. The summed E-state index contributed by atoms with van der Waals surface area (Å²) in [6, 6.07) is 8.79. The zero-order valence-corrected chi connectivity index (χ0v) is 11.6. The van der Waals surface area contributed by atoms with Gasteiger partial charge in [0, 0.05) is 16.4 Å². The average Bonchev–Trinajstić information content (AvgIpc) is 2.20. The molecule has 2 nitrogen and oxygen atoms in total. The summed E-state index contributed by atoms with van der Waals surface area (Å²) < 4.78 is 6.45. The Morgan fingerprint density at radius 2 is 1.87 bits per heavy atom. The molecule has 0 bridgehead atoms. The summed E-state index contributed by atoms with van der Waals surface area (Å²) in [5.74, 6) is 0.559. The quantitative estimate of drug-likeness (QED) is 0.840. The maximum Gasteiger partial charge on any atom is 0.0666 e. The van der Waals surface area contributed by atoms with Crippen LogP contribution in [0.1, 0.15) is 13.8 Å². The van der Waals surface area contributed by atoms with Crippen molar-refractivity contribution in [2.24, 2.45) is 5.92 Å². The Labute approximate surface area is 106 Å². The molecule has 0 amide bonds. The lowest BCUT2D eigenvalue weighted by Crippen LogP contribution is -2.30. The van der Waals surface area contributed by atoms with Crippen LogP contribution in [-0.4, -0.2) is 19.8 Å². The van der Waals surface area contributed by atoms with Crippen LogP contribution in [-0.2, 0) is 4.74 Å². The van der Waals surface area contributed by atoms with Crippen molar-refractivity contribution >= 4 is 28.3 Å². The molecule has 1 unspecified atom stereocenters. The molecule has 0 aliphatic heterocycles. The summed E-state index contributed by atoms with van der Waals surface area (Å²) in [7, 11) is 1.74. The summed E-state index contributed by atoms with van der Waals surface area (Å²) in [5, 5.41) is 3.48. The van der Waals surface area contributed by atoms with E-state index >= 15 is 0 Å². The van der Waals surface area contributed by atoms with E-state index in [0.717, 1.165) is 12.3 Å². The highest BCUT2D eigenvalue weighted by Crippen LogP contribution is 2.15. The number of halogens is 1. The van der Waals surface area contributed by atoms with Crippen LogP contribution in [0.15, 0.2) is 24.3 Å². The molecule has 3 heteroatoms. The molecule has 0 radical (unpaired) electrons. The number of anilines is 1. The molecule has 0 saturated carbocycles. The highest BCUT2D eigenvalue weighted by molar-refractivity contribution is 14.1. The summed E-state index contributed by atoms with van der Waals surface area (Å²) in [6.45, 7) is 5.14. The third-order valence-electron chi connectivity index (χ3n) is 2.35. The topological polar surface area (TPSA) is 21.3 Å². The molecule has 1 rings (SSSR count). The molecule has 1 aromatic carbocycles. The number of benzene rings is 1. The summed E-state index contributed by atoms with van der Waals surface area (Å²) in [4.78, 5) is 0. The Kier molecular flexibility index (Phi) is 5.39. The van der Waals surface area contributed by atoms with Crippen LogP contribution in [0.4, 0.5) is 5.69 Å². The molecule has 1 aromatic rings. The van der Waals surface area contributed by atoms with Crippen LogP contribution in [0.3, 0.4) is 0 Å². The van der Waals surface area contributed by atoms with Gasteiger partial charge in [0.15, 0.2) is 0 Å². The predicted molar refractivity (Wildman–Crippen MR) is 73.3 cm³/mol. The first kappa shape index (κ1) is 12.8. The second-order valence-electron chi connectivity index (χ2n) is 3.96. The number of ether oxygens (including phenoxy) is 1. The Morgan fingerprint density at radius 1 is 1.27 bits per heavy atom. The first-order valence-electron chi connectivity index (χ1n) is 5.14. The zero-order chi connectivity index (χ0) is 11.3. The Balaban J connectivity index is 2.61. The fourth-order valence-corrected chi connectivity index (χ4v) is 1.70. The van der Waals surface area contributed by atoms with E-state index in [-0.39, 0.29) is 0 Å². The molecule has 0 saturated heterocycles. The minimum absolute atomic E-state index is 0.370. The van der Waals surface area contributed by atoms with Gasteiger partial charge < -0.3 is 10.1 Å². The first-order chi connectivity index (χ1) is 7.13. The SMILES string of the molecule is COCC(Nc1ccc(I)cc1)C(C)C. The number of nitrogens with one attached hydrogen (secondary N) is 1. The molecule has 0 aliphatic carbocycles. The van der Waals surface area contributed by atoms with Gasteiger partial charge in [-0.25, -0.2) is 0 Å². The molecular formula is C12H18INO. The van der Waals surface area contributed by atoms with E-state index in [1.54, 1.807) is 7.11 Å². The summed E-state index contributed by atoms with van der Waals surface area (Å²) in [6.07, 6.45) is 0. The van der Waals surface area contributed by atoms with E-state index in [4.69, 9.17) is 4.74 Å².